The number of hydrogen-bond acceptors (Lipinski definition) is 2. The maximum atomic E-state index is 12.3. The fraction of sp³-hybridized carbons (Fsp3) is 0.278. The van der Waals surface area contributed by atoms with Gasteiger partial charge in [0.25, 0.3) is 0 Å². The van der Waals surface area contributed by atoms with Gasteiger partial charge in [-0.1, -0.05) is 52.3 Å². The van der Waals surface area contributed by atoms with Gasteiger partial charge in [-0.2, -0.15) is 0 Å². The van der Waals surface area contributed by atoms with E-state index < -0.39 is 0 Å². The van der Waals surface area contributed by atoms with Crippen molar-refractivity contribution in [1.29, 1.82) is 0 Å². The molecule has 0 aliphatic rings. The fourth-order valence-corrected chi connectivity index (χ4v) is 2.75. The lowest BCUT2D eigenvalue weighted by Gasteiger charge is -2.22. The summed E-state index contributed by atoms with van der Waals surface area (Å²) in [5, 5.41) is 1.28. The summed E-state index contributed by atoms with van der Waals surface area (Å²) < 4.78 is 1.03. The molecule has 2 aromatic carbocycles. The van der Waals surface area contributed by atoms with E-state index in [4.69, 9.17) is 4.84 Å². The van der Waals surface area contributed by atoms with E-state index in [1.807, 2.05) is 24.3 Å². The molecule has 0 fully saturated rings. The van der Waals surface area contributed by atoms with E-state index in [0.717, 1.165) is 10.0 Å². The molecule has 4 heteroatoms. The van der Waals surface area contributed by atoms with Crippen LogP contribution in [0.5, 0.6) is 0 Å². The second kappa shape index (κ2) is 7.56. The number of amides is 1. The summed E-state index contributed by atoms with van der Waals surface area (Å²) in [6.45, 7) is 2.08. The van der Waals surface area contributed by atoms with E-state index in [-0.39, 0.29) is 11.8 Å². The van der Waals surface area contributed by atoms with Crippen molar-refractivity contribution >= 4 is 21.8 Å². The third-order valence-corrected chi connectivity index (χ3v) is 4.37. The number of aryl methyl sites for hydroxylation is 1. The molecule has 1 atom stereocenters. The maximum Gasteiger partial charge on any atom is 0.246 e. The molecular formula is C18H20BrNO2. The van der Waals surface area contributed by atoms with Crippen LogP contribution in [0.1, 0.15) is 29.0 Å². The minimum Gasteiger partial charge on any atom is -0.275 e. The Morgan fingerprint density at radius 3 is 2.41 bits per heavy atom. The second-order valence-electron chi connectivity index (χ2n) is 5.24. The van der Waals surface area contributed by atoms with Gasteiger partial charge in [-0.15, -0.1) is 0 Å². The molecule has 1 amide bonds. The predicted molar refractivity (Wildman–Crippen MR) is 91.6 cm³/mol. The fourth-order valence-electron chi connectivity index (χ4n) is 2.49. The van der Waals surface area contributed by atoms with Crippen molar-refractivity contribution in [3.05, 3.63) is 69.7 Å². The summed E-state index contributed by atoms with van der Waals surface area (Å²) in [7, 11) is 3.14. The van der Waals surface area contributed by atoms with Crippen LogP contribution >= 0.6 is 15.9 Å². The van der Waals surface area contributed by atoms with E-state index in [1.165, 1.54) is 23.3 Å². The van der Waals surface area contributed by atoms with Gasteiger partial charge in [0.15, 0.2) is 0 Å². The van der Waals surface area contributed by atoms with Gasteiger partial charge >= 0.3 is 0 Å². The molecule has 22 heavy (non-hydrogen) atoms. The van der Waals surface area contributed by atoms with E-state index in [0.29, 0.717) is 6.42 Å². The van der Waals surface area contributed by atoms with Crippen molar-refractivity contribution < 1.29 is 9.63 Å². The molecule has 0 aliphatic heterocycles. The monoisotopic (exact) mass is 361 g/mol. The third kappa shape index (κ3) is 3.96. The second-order valence-corrected chi connectivity index (χ2v) is 6.15. The van der Waals surface area contributed by atoms with Crippen molar-refractivity contribution in [3.8, 4) is 0 Å². The van der Waals surface area contributed by atoms with Gasteiger partial charge in [0.05, 0.1) is 7.11 Å². The van der Waals surface area contributed by atoms with Crippen LogP contribution in [0.3, 0.4) is 0 Å². The molecule has 0 heterocycles. The zero-order valence-electron chi connectivity index (χ0n) is 13.0. The molecule has 2 aromatic rings. The van der Waals surface area contributed by atoms with Gasteiger partial charge < -0.3 is 0 Å². The number of hydrogen-bond donors (Lipinski definition) is 0. The van der Waals surface area contributed by atoms with Crippen LogP contribution in [-0.2, 0) is 9.63 Å². The summed E-state index contributed by atoms with van der Waals surface area (Å²) >= 11 is 3.46. The summed E-state index contributed by atoms with van der Waals surface area (Å²) in [4.78, 5) is 17.3. The molecule has 0 saturated heterocycles. The van der Waals surface area contributed by atoms with Crippen LogP contribution in [0.4, 0.5) is 0 Å². The highest BCUT2D eigenvalue weighted by atomic mass is 79.9. The molecule has 0 bridgehead atoms. The Balaban J connectivity index is 2.39. The van der Waals surface area contributed by atoms with E-state index in [1.54, 1.807) is 7.05 Å². The Morgan fingerprint density at radius 2 is 1.82 bits per heavy atom. The topological polar surface area (TPSA) is 29.5 Å². The number of nitrogens with zero attached hydrogens (tertiary/aromatic N) is 1. The molecule has 2 rings (SSSR count). The van der Waals surface area contributed by atoms with Crippen LogP contribution in [0.15, 0.2) is 53.0 Å². The van der Waals surface area contributed by atoms with Crippen molar-refractivity contribution in [3.63, 3.8) is 0 Å². The predicted octanol–water partition coefficient (Wildman–Crippen LogP) is 4.30. The molecular weight excluding hydrogens is 342 g/mol. The van der Waals surface area contributed by atoms with E-state index in [2.05, 4.69) is 47.1 Å². The quantitative estimate of drug-likeness (QED) is 0.743. The number of rotatable bonds is 5. The third-order valence-electron chi connectivity index (χ3n) is 3.84. The average Bonchev–Trinajstić information content (AvgIpc) is 2.53. The molecule has 0 spiro atoms. The van der Waals surface area contributed by atoms with E-state index in [9.17, 15) is 4.79 Å². The maximum absolute atomic E-state index is 12.3. The largest absolute Gasteiger partial charge is 0.275 e. The van der Waals surface area contributed by atoms with Crippen molar-refractivity contribution in [2.24, 2.45) is 0 Å². The van der Waals surface area contributed by atoms with Gasteiger partial charge in [0.1, 0.15) is 0 Å². The minimum atomic E-state index is -0.0429. The highest BCUT2D eigenvalue weighted by Gasteiger charge is 2.21. The number of carbonyl (C=O) groups excluding carboxylic acids is 1. The van der Waals surface area contributed by atoms with Crippen LogP contribution in [0.25, 0.3) is 0 Å². The first-order valence-electron chi connectivity index (χ1n) is 7.14. The normalized spacial score (nSPS) is 12.0. The van der Waals surface area contributed by atoms with Crippen LogP contribution < -0.4 is 0 Å². The van der Waals surface area contributed by atoms with Crippen LogP contribution in [0.2, 0.25) is 0 Å². The van der Waals surface area contributed by atoms with Gasteiger partial charge in [-0.05, 0) is 35.7 Å². The molecule has 0 radical (unpaired) electrons. The molecule has 0 aromatic heterocycles. The number of benzene rings is 2. The molecule has 0 aliphatic carbocycles. The summed E-state index contributed by atoms with van der Waals surface area (Å²) in [5.41, 5.74) is 3.47. The van der Waals surface area contributed by atoms with Gasteiger partial charge in [0, 0.05) is 23.9 Å². The van der Waals surface area contributed by atoms with Gasteiger partial charge in [0.2, 0.25) is 5.91 Å². The SMILES string of the molecule is CON(C)C(=O)C[C@H](c1ccc(Br)cc1)c1ccccc1C. The zero-order chi connectivity index (χ0) is 16.1. The molecule has 0 N–H and O–H groups in total. The standard InChI is InChI=1S/C18H20BrNO2/c1-13-6-4-5-7-16(13)17(12-18(21)20(2)22-3)14-8-10-15(19)11-9-14/h4-11,17H,12H2,1-3H3/t17-/m1/s1. The summed E-state index contributed by atoms with van der Waals surface area (Å²) in [6, 6.07) is 16.3. The first kappa shape index (κ1) is 16.7. The highest BCUT2D eigenvalue weighted by Crippen LogP contribution is 2.31. The average molecular weight is 362 g/mol. The molecule has 0 unspecified atom stereocenters. The van der Waals surface area contributed by atoms with Gasteiger partial charge in [-0.25, -0.2) is 5.06 Å². The lowest BCUT2D eigenvalue weighted by molar-refractivity contribution is -0.168. The summed E-state index contributed by atoms with van der Waals surface area (Å²) in [6.07, 6.45) is 0.372. The Bertz CT molecular complexity index is 640. The number of carbonyl (C=O) groups is 1. The first-order chi connectivity index (χ1) is 10.5. The van der Waals surface area contributed by atoms with Gasteiger partial charge in [-0.3, -0.25) is 9.63 Å². The Hall–Kier alpha value is -1.65. The van der Waals surface area contributed by atoms with E-state index >= 15 is 0 Å². The Morgan fingerprint density at radius 1 is 1.18 bits per heavy atom. The number of hydroxylamine groups is 2. The van der Waals surface area contributed by atoms with Crippen LogP contribution in [-0.4, -0.2) is 25.1 Å². The molecule has 3 nitrogen and oxygen atoms in total. The van der Waals surface area contributed by atoms with Crippen molar-refractivity contribution in [2.45, 2.75) is 19.3 Å². The smallest absolute Gasteiger partial charge is 0.246 e. The first-order valence-corrected chi connectivity index (χ1v) is 7.94. The lowest BCUT2D eigenvalue weighted by atomic mass is 9.86. The Labute approximate surface area is 140 Å². The molecule has 0 saturated carbocycles. The van der Waals surface area contributed by atoms with Crippen molar-refractivity contribution in [1.82, 2.24) is 5.06 Å². The highest BCUT2D eigenvalue weighted by molar-refractivity contribution is 9.10. The summed E-state index contributed by atoms with van der Waals surface area (Å²) in [5.74, 6) is -0.0296. The Kier molecular flexibility index (Phi) is 5.75. The zero-order valence-corrected chi connectivity index (χ0v) is 14.6. The van der Waals surface area contributed by atoms with Crippen LogP contribution in [0, 0.1) is 6.92 Å². The molecule has 116 valence electrons. The van der Waals surface area contributed by atoms with Crippen molar-refractivity contribution in [2.75, 3.05) is 14.2 Å². The minimum absolute atomic E-state index is 0.0133. The number of halogens is 1. The lowest BCUT2D eigenvalue weighted by Crippen LogP contribution is -2.27.